The Hall–Kier alpha value is -1.69. The number of aromatic carboxylic acids is 1. The summed E-state index contributed by atoms with van der Waals surface area (Å²) in [6, 6.07) is 0.379. The predicted octanol–water partition coefficient (Wildman–Crippen LogP) is 0.426. The molecule has 1 atom stereocenters. The van der Waals surface area contributed by atoms with Gasteiger partial charge in [-0.3, -0.25) is 4.79 Å². The lowest BCUT2D eigenvalue weighted by Gasteiger charge is -2.32. The highest BCUT2D eigenvalue weighted by Crippen LogP contribution is 2.16. The van der Waals surface area contributed by atoms with E-state index in [9.17, 15) is 9.59 Å². The molecule has 1 aliphatic rings. The number of hydrogen-bond acceptors (Lipinski definition) is 4. The molecule has 1 fully saturated rings. The lowest BCUT2D eigenvalue weighted by atomic mass is 10.0. The molecule has 1 saturated heterocycles. The van der Waals surface area contributed by atoms with Gasteiger partial charge in [-0.2, -0.15) is 4.98 Å². The normalized spacial score (nSPS) is 20.8. The predicted molar refractivity (Wildman–Crippen MR) is 65.7 cm³/mol. The molecule has 0 aromatic carbocycles. The third-order valence-corrected chi connectivity index (χ3v) is 3.42. The van der Waals surface area contributed by atoms with Gasteiger partial charge in [-0.15, -0.1) is 0 Å². The van der Waals surface area contributed by atoms with E-state index in [0.717, 1.165) is 13.0 Å². The molecule has 2 rings (SSSR count). The summed E-state index contributed by atoms with van der Waals surface area (Å²) >= 11 is 0. The van der Waals surface area contributed by atoms with Gasteiger partial charge in [-0.25, -0.2) is 4.79 Å². The number of likely N-dealkylation sites (N-methyl/N-ethyl adjacent to an activating group) is 1. The van der Waals surface area contributed by atoms with Crippen molar-refractivity contribution in [2.24, 2.45) is 0 Å². The number of hydrogen-bond donors (Lipinski definition) is 1. The molecule has 1 aromatic heterocycles. The largest absolute Gasteiger partial charge is 0.477 e. The van der Waals surface area contributed by atoms with Crippen molar-refractivity contribution in [1.82, 2.24) is 14.5 Å². The second-order valence-corrected chi connectivity index (χ2v) is 4.72. The number of likely N-dealkylation sites (tertiary alicyclic amines) is 1. The summed E-state index contributed by atoms with van der Waals surface area (Å²) in [5, 5.41) is 8.88. The van der Waals surface area contributed by atoms with E-state index >= 15 is 0 Å². The van der Waals surface area contributed by atoms with Crippen LogP contribution in [-0.4, -0.2) is 45.2 Å². The van der Waals surface area contributed by atoms with Crippen LogP contribution in [0.5, 0.6) is 0 Å². The number of nitrogens with zero attached hydrogens (tertiary/aromatic N) is 3. The van der Waals surface area contributed by atoms with Crippen LogP contribution in [0.1, 0.15) is 29.6 Å². The van der Waals surface area contributed by atoms with Crippen molar-refractivity contribution < 1.29 is 9.90 Å². The van der Waals surface area contributed by atoms with Gasteiger partial charge in [0.25, 0.3) is 5.56 Å². The first kappa shape index (κ1) is 12.8. The van der Waals surface area contributed by atoms with Gasteiger partial charge in [0, 0.05) is 18.8 Å². The quantitative estimate of drug-likeness (QED) is 0.843. The molecule has 1 aliphatic heterocycles. The first-order valence-electron chi connectivity index (χ1n) is 6.07. The van der Waals surface area contributed by atoms with Gasteiger partial charge >= 0.3 is 5.97 Å². The van der Waals surface area contributed by atoms with E-state index in [1.165, 1.54) is 25.4 Å². The Labute approximate surface area is 105 Å². The van der Waals surface area contributed by atoms with E-state index in [1.54, 1.807) is 4.57 Å². The fourth-order valence-electron chi connectivity index (χ4n) is 2.32. The van der Waals surface area contributed by atoms with E-state index in [2.05, 4.69) is 16.9 Å². The van der Waals surface area contributed by atoms with Gasteiger partial charge in [0.15, 0.2) is 0 Å². The number of carbonyl (C=O) groups is 1. The lowest BCUT2D eigenvalue weighted by molar-refractivity contribution is 0.0693. The fraction of sp³-hybridized carbons (Fsp3) is 0.583. The Morgan fingerprint density at radius 2 is 2.33 bits per heavy atom. The first-order valence-corrected chi connectivity index (χ1v) is 6.07. The van der Waals surface area contributed by atoms with Crippen LogP contribution in [-0.2, 0) is 6.54 Å². The molecule has 0 aliphatic carbocycles. The molecule has 2 heterocycles. The molecular weight excluding hydrogens is 234 g/mol. The minimum Gasteiger partial charge on any atom is -0.477 e. The zero-order valence-electron chi connectivity index (χ0n) is 10.4. The third kappa shape index (κ3) is 2.76. The summed E-state index contributed by atoms with van der Waals surface area (Å²) in [6.45, 7) is 1.73. The Kier molecular flexibility index (Phi) is 3.76. The van der Waals surface area contributed by atoms with Gasteiger partial charge in [0.2, 0.25) is 0 Å². The molecule has 1 unspecified atom stereocenters. The minimum atomic E-state index is -1.22. The second-order valence-electron chi connectivity index (χ2n) is 4.72. The van der Waals surface area contributed by atoms with Crippen LogP contribution in [0.3, 0.4) is 0 Å². The smallest absolute Gasteiger partial charge is 0.342 e. The number of rotatable bonds is 3. The number of aromatic nitrogens is 2. The van der Waals surface area contributed by atoms with Crippen molar-refractivity contribution >= 4 is 5.97 Å². The van der Waals surface area contributed by atoms with Gasteiger partial charge in [0.1, 0.15) is 5.56 Å². The third-order valence-electron chi connectivity index (χ3n) is 3.42. The molecule has 1 aromatic rings. The van der Waals surface area contributed by atoms with Gasteiger partial charge in [-0.05, 0) is 26.4 Å². The molecule has 1 N–H and O–H groups in total. The van der Waals surface area contributed by atoms with Gasteiger partial charge in [-0.1, -0.05) is 6.42 Å². The maximum absolute atomic E-state index is 11.3. The topological polar surface area (TPSA) is 75.4 Å². The van der Waals surface area contributed by atoms with Crippen LogP contribution in [0.2, 0.25) is 0 Å². The van der Waals surface area contributed by atoms with E-state index in [0.29, 0.717) is 12.6 Å². The molecule has 6 nitrogen and oxygen atoms in total. The molecule has 18 heavy (non-hydrogen) atoms. The zero-order valence-corrected chi connectivity index (χ0v) is 10.4. The number of carboxylic acids is 1. The SMILES string of the molecule is CN1CCCCC1Cn1cnc(=O)c(C(=O)O)c1. The Morgan fingerprint density at radius 3 is 3.00 bits per heavy atom. The highest BCUT2D eigenvalue weighted by molar-refractivity contribution is 5.86. The average molecular weight is 251 g/mol. The van der Waals surface area contributed by atoms with Gasteiger partial charge in [0.05, 0.1) is 6.33 Å². The van der Waals surface area contributed by atoms with Crippen LogP contribution in [0.25, 0.3) is 0 Å². The van der Waals surface area contributed by atoms with E-state index < -0.39 is 11.5 Å². The molecule has 0 spiro atoms. The lowest BCUT2D eigenvalue weighted by Crippen LogP contribution is -2.39. The summed E-state index contributed by atoms with van der Waals surface area (Å²) in [5.74, 6) is -1.22. The van der Waals surface area contributed by atoms with Crippen molar-refractivity contribution in [3.63, 3.8) is 0 Å². The maximum Gasteiger partial charge on any atom is 0.342 e. The number of piperidine rings is 1. The van der Waals surface area contributed by atoms with Crippen molar-refractivity contribution in [1.29, 1.82) is 0 Å². The summed E-state index contributed by atoms with van der Waals surface area (Å²) < 4.78 is 1.69. The van der Waals surface area contributed by atoms with E-state index in [4.69, 9.17) is 5.11 Å². The molecule has 0 saturated carbocycles. The second kappa shape index (κ2) is 5.30. The summed E-state index contributed by atoms with van der Waals surface area (Å²) in [7, 11) is 2.07. The van der Waals surface area contributed by atoms with Crippen LogP contribution in [0, 0.1) is 0 Å². The summed E-state index contributed by atoms with van der Waals surface area (Å²) in [4.78, 5) is 28.0. The van der Waals surface area contributed by atoms with Crippen LogP contribution in [0.4, 0.5) is 0 Å². The van der Waals surface area contributed by atoms with Crippen LogP contribution in [0.15, 0.2) is 17.3 Å². The fourth-order valence-corrected chi connectivity index (χ4v) is 2.32. The van der Waals surface area contributed by atoms with Gasteiger partial charge < -0.3 is 14.6 Å². The number of carboxylic acid groups (broad SMARTS) is 1. The van der Waals surface area contributed by atoms with Crippen molar-refractivity contribution in [3.8, 4) is 0 Å². The molecule has 0 amide bonds. The Balaban J connectivity index is 2.16. The van der Waals surface area contributed by atoms with Crippen LogP contribution >= 0.6 is 0 Å². The van der Waals surface area contributed by atoms with Crippen molar-refractivity contribution in [3.05, 3.63) is 28.4 Å². The molecular formula is C12H17N3O3. The highest BCUT2D eigenvalue weighted by Gasteiger charge is 2.19. The zero-order chi connectivity index (χ0) is 13.1. The monoisotopic (exact) mass is 251 g/mol. The van der Waals surface area contributed by atoms with Crippen LogP contribution < -0.4 is 5.56 Å². The van der Waals surface area contributed by atoms with Crippen molar-refractivity contribution in [2.75, 3.05) is 13.6 Å². The summed E-state index contributed by atoms with van der Waals surface area (Å²) in [6.07, 6.45) is 6.27. The van der Waals surface area contributed by atoms with E-state index in [-0.39, 0.29) is 5.56 Å². The molecule has 6 heteroatoms. The van der Waals surface area contributed by atoms with Crippen molar-refractivity contribution in [2.45, 2.75) is 31.8 Å². The molecule has 0 bridgehead atoms. The molecule has 0 radical (unpaired) electrons. The van der Waals surface area contributed by atoms with E-state index in [1.807, 2.05) is 0 Å². The Bertz CT molecular complexity index is 498. The maximum atomic E-state index is 11.3. The minimum absolute atomic E-state index is 0.268. The average Bonchev–Trinajstić information content (AvgIpc) is 2.34. The first-order chi connectivity index (χ1) is 8.58. The standard InChI is InChI=1S/C12H17N3O3/c1-14-5-3-2-4-9(14)6-15-7-10(12(17)18)11(16)13-8-15/h7-9H,2-6H2,1H3,(H,17,18). The Morgan fingerprint density at radius 1 is 1.56 bits per heavy atom. The summed E-state index contributed by atoms with van der Waals surface area (Å²) in [5.41, 5.74) is -0.952. The highest BCUT2D eigenvalue weighted by atomic mass is 16.4. The molecule has 98 valence electrons.